The van der Waals surface area contributed by atoms with Gasteiger partial charge in [0.25, 0.3) is 0 Å². The Balaban J connectivity index is 2.85. The first-order valence-electron chi connectivity index (χ1n) is 3.70. The van der Waals surface area contributed by atoms with Crippen LogP contribution in [0.3, 0.4) is 0 Å². The number of para-hydroxylation sites is 1. The number of aliphatic imine (C=N–C) groups is 1. The van der Waals surface area contributed by atoms with Crippen molar-refractivity contribution in [1.82, 2.24) is 0 Å². The Morgan fingerprint density at radius 2 is 1.92 bits per heavy atom. The average molecular weight is 160 g/mol. The minimum atomic E-state index is 0.654. The molecule has 0 heterocycles. The van der Waals surface area contributed by atoms with Gasteiger partial charge >= 0.3 is 0 Å². The van der Waals surface area contributed by atoms with Crippen LogP contribution >= 0.6 is 0 Å². The standard InChI is InChI=1S/C10H12N2/c1-9(11-2)12(3)10-7-5-4-6-8-10/h4-8H,1-2H2,3H3. The van der Waals surface area contributed by atoms with Crippen LogP contribution in [0.2, 0.25) is 0 Å². The maximum Gasteiger partial charge on any atom is 0.124 e. The first kappa shape index (κ1) is 8.53. The number of benzene rings is 1. The molecule has 0 amide bonds. The van der Waals surface area contributed by atoms with Crippen LogP contribution in [-0.4, -0.2) is 13.8 Å². The van der Waals surface area contributed by atoms with E-state index in [1.54, 1.807) is 0 Å². The van der Waals surface area contributed by atoms with E-state index in [1.165, 1.54) is 0 Å². The van der Waals surface area contributed by atoms with E-state index in [1.807, 2.05) is 42.3 Å². The zero-order chi connectivity index (χ0) is 8.97. The second-order valence-electron chi connectivity index (χ2n) is 2.47. The number of anilines is 1. The SMILES string of the molecule is C=NC(=C)N(C)c1ccccc1. The molecule has 62 valence electrons. The van der Waals surface area contributed by atoms with E-state index in [9.17, 15) is 0 Å². The molecule has 0 atom stereocenters. The Bertz CT molecular complexity index is 277. The van der Waals surface area contributed by atoms with E-state index in [2.05, 4.69) is 18.3 Å². The normalized spacial score (nSPS) is 9.08. The van der Waals surface area contributed by atoms with Gasteiger partial charge < -0.3 is 4.90 Å². The summed E-state index contributed by atoms with van der Waals surface area (Å²) in [7, 11) is 1.91. The van der Waals surface area contributed by atoms with E-state index in [0.717, 1.165) is 5.69 Å². The molecule has 1 aromatic carbocycles. The Labute approximate surface area is 72.9 Å². The fourth-order valence-electron chi connectivity index (χ4n) is 0.907. The summed E-state index contributed by atoms with van der Waals surface area (Å²) in [5.41, 5.74) is 1.06. The maximum absolute atomic E-state index is 3.75. The van der Waals surface area contributed by atoms with Crippen molar-refractivity contribution in [3.8, 4) is 0 Å². The molecular formula is C10H12N2. The molecule has 12 heavy (non-hydrogen) atoms. The lowest BCUT2D eigenvalue weighted by atomic mass is 10.3. The third kappa shape index (κ3) is 1.72. The quantitative estimate of drug-likeness (QED) is 0.619. The number of hydrogen-bond donors (Lipinski definition) is 0. The van der Waals surface area contributed by atoms with Crippen molar-refractivity contribution in [2.24, 2.45) is 4.99 Å². The van der Waals surface area contributed by atoms with Gasteiger partial charge in [-0.1, -0.05) is 24.8 Å². The van der Waals surface area contributed by atoms with Crippen LogP contribution in [0.25, 0.3) is 0 Å². The highest BCUT2D eigenvalue weighted by molar-refractivity contribution is 5.51. The molecule has 0 fully saturated rings. The molecule has 0 saturated heterocycles. The van der Waals surface area contributed by atoms with Crippen molar-refractivity contribution in [2.75, 3.05) is 11.9 Å². The molecule has 0 radical (unpaired) electrons. The molecule has 2 nitrogen and oxygen atoms in total. The van der Waals surface area contributed by atoms with E-state index in [4.69, 9.17) is 0 Å². The number of rotatable bonds is 3. The van der Waals surface area contributed by atoms with Crippen molar-refractivity contribution in [3.63, 3.8) is 0 Å². The van der Waals surface area contributed by atoms with Gasteiger partial charge in [0.1, 0.15) is 5.82 Å². The van der Waals surface area contributed by atoms with Gasteiger partial charge in [-0.15, -0.1) is 0 Å². The van der Waals surface area contributed by atoms with Crippen LogP contribution in [0.15, 0.2) is 47.7 Å². The summed E-state index contributed by atoms with van der Waals surface area (Å²) in [6, 6.07) is 9.92. The lowest BCUT2D eigenvalue weighted by molar-refractivity contribution is 1.08. The van der Waals surface area contributed by atoms with Crippen molar-refractivity contribution in [3.05, 3.63) is 42.7 Å². The molecule has 0 bridgehead atoms. The van der Waals surface area contributed by atoms with Gasteiger partial charge in [0.2, 0.25) is 0 Å². The molecule has 0 aliphatic heterocycles. The Morgan fingerprint density at radius 3 is 2.42 bits per heavy atom. The zero-order valence-corrected chi connectivity index (χ0v) is 7.20. The van der Waals surface area contributed by atoms with Gasteiger partial charge in [0.15, 0.2) is 0 Å². The van der Waals surface area contributed by atoms with Crippen LogP contribution in [0.5, 0.6) is 0 Å². The summed E-state index contributed by atoms with van der Waals surface area (Å²) in [6.45, 7) is 7.16. The molecule has 0 aromatic heterocycles. The highest BCUT2D eigenvalue weighted by atomic mass is 15.2. The monoisotopic (exact) mass is 160 g/mol. The smallest absolute Gasteiger partial charge is 0.124 e. The predicted octanol–water partition coefficient (Wildman–Crippen LogP) is 2.29. The Morgan fingerprint density at radius 1 is 1.33 bits per heavy atom. The summed E-state index contributed by atoms with van der Waals surface area (Å²) >= 11 is 0. The summed E-state index contributed by atoms with van der Waals surface area (Å²) in [5, 5.41) is 0. The molecule has 2 heteroatoms. The van der Waals surface area contributed by atoms with Crippen molar-refractivity contribution in [1.29, 1.82) is 0 Å². The maximum atomic E-state index is 3.75. The Hall–Kier alpha value is -1.57. The molecule has 0 saturated carbocycles. The first-order chi connectivity index (χ1) is 5.75. The first-order valence-corrected chi connectivity index (χ1v) is 3.70. The molecule has 0 N–H and O–H groups in total. The lowest BCUT2D eigenvalue weighted by Crippen LogP contribution is -2.13. The van der Waals surface area contributed by atoms with E-state index >= 15 is 0 Å². The van der Waals surface area contributed by atoms with Crippen molar-refractivity contribution < 1.29 is 0 Å². The van der Waals surface area contributed by atoms with Gasteiger partial charge in [-0.3, -0.25) is 0 Å². The summed E-state index contributed by atoms with van der Waals surface area (Å²) in [4.78, 5) is 5.63. The average Bonchev–Trinajstić information content (AvgIpc) is 2.17. The van der Waals surface area contributed by atoms with E-state index in [0.29, 0.717) is 5.82 Å². The second kappa shape index (κ2) is 3.72. The molecule has 0 aliphatic rings. The van der Waals surface area contributed by atoms with Gasteiger partial charge in [-0.2, -0.15) is 0 Å². The number of hydrogen-bond acceptors (Lipinski definition) is 2. The second-order valence-corrected chi connectivity index (χ2v) is 2.47. The fourth-order valence-corrected chi connectivity index (χ4v) is 0.907. The summed E-state index contributed by atoms with van der Waals surface area (Å²) < 4.78 is 0. The van der Waals surface area contributed by atoms with Gasteiger partial charge in [-0.05, 0) is 18.9 Å². The van der Waals surface area contributed by atoms with Gasteiger partial charge in [-0.25, -0.2) is 4.99 Å². The lowest BCUT2D eigenvalue weighted by Gasteiger charge is -2.17. The van der Waals surface area contributed by atoms with Crippen LogP contribution in [0.4, 0.5) is 5.69 Å². The number of nitrogens with zero attached hydrogens (tertiary/aromatic N) is 2. The van der Waals surface area contributed by atoms with Gasteiger partial charge in [0, 0.05) is 12.7 Å². The van der Waals surface area contributed by atoms with E-state index < -0.39 is 0 Å². The van der Waals surface area contributed by atoms with Crippen LogP contribution in [0.1, 0.15) is 0 Å². The van der Waals surface area contributed by atoms with Crippen molar-refractivity contribution in [2.45, 2.75) is 0 Å². The van der Waals surface area contributed by atoms with Crippen LogP contribution in [0, 0.1) is 0 Å². The summed E-state index contributed by atoms with van der Waals surface area (Å²) in [5.74, 6) is 0.654. The van der Waals surface area contributed by atoms with Crippen LogP contribution in [-0.2, 0) is 0 Å². The molecule has 1 aromatic rings. The third-order valence-electron chi connectivity index (χ3n) is 1.71. The Kier molecular flexibility index (Phi) is 2.64. The molecule has 1 rings (SSSR count). The van der Waals surface area contributed by atoms with E-state index in [-0.39, 0.29) is 0 Å². The zero-order valence-electron chi connectivity index (χ0n) is 7.20. The predicted molar refractivity (Wildman–Crippen MR) is 53.5 cm³/mol. The molecule has 0 unspecified atom stereocenters. The highest BCUT2D eigenvalue weighted by Crippen LogP contribution is 2.15. The molecule has 0 spiro atoms. The largest absolute Gasteiger partial charge is 0.330 e. The van der Waals surface area contributed by atoms with Crippen LogP contribution < -0.4 is 4.90 Å². The fraction of sp³-hybridized carbons (Fsp3) is 0.100. The third-order valence-corrected chi connectivity index (χ3v) is 1.71. The van der Waals surface area contributed by atoms with Crippen molar-refractivity contribution >= 4 is 12.4 Å². The minimum absolute atomic E-state index is 0.654. The topological polar surface area (TPSA) is 15.6 Å². The van der Waals surface area contributed by atoms with Gasteiger partial charge in [0.05, 0.1) is 0 Å². The molecule has 0 aliphatic carbocycles. The molecular weight excluding hydrogens is 148 g/mol. The highest BCUT2D eigenvalue weighted by Gasteiger charge is 2.00. The summed E-state index contributed by atoms with van der Waals surface area (Å²) in [6.07, 6.45) is 0. The minimum Gasteiger partial charge on any atom is -0.330 e.